The van der Waals surface area contributed by atoms with Crippen molar-refractivity contribution in [2.24, 2.45) is 0 Å². The normalized spacial score (nSPS) is 17.0. The summed E-state index contributed by atoms with van der Waals surface area (Å²) in [4.78, 5) is 8.70. The highest BCUT2D eigenvalue weighted by atomic mass is 32.2. The first-order chi connectivity index (χ1) is 15.9. The first-order valence-corrected chi connectivity index (χ1v) is 11.9. The van der Waals surface area contributed by atoms with Gasteiger partial charge in [-0.15, -0.1) is 0 Å². The molecule has 3 aromatic carbocycles. The molecule has 0 saturated carbocycles. The van der Waals surface area contributed by atoms with Gasteiger partial charge in [0, 0.05) is 49.1 Å². The molecule has 5 rings (SSSR count). The van der Waals surface area contributed by atoms with E-state index >= 15 is 0 Å². The van der Waals surface area contributed by atoms with E-state index in [0.29, 0.717) is 12.2 Å². The van der Waals surface area contributed by atoms with E-state index < -0.39 is 11.7 Å². The maximum Gasteiger partial charge on any atom is 0.416 e. The summed E-state index contributed by atoms with van der Waals surface area (Å²) in [6, 6.07) is 20.4. The molecule has 0 unspecified atom stereocenters. The van der Waals surface area contributed by atoms with Gasteiger partial charge in [0.1, 0.15) is 0 Å². The van der Waals surface area contributed by atoms with Crippen molar-refractivity contribution in [1.82, 2.24) is 9.80 Å². The van der Waals surface area contributed by atoms with Gasteiger partial charge in [0.05, 0.1) is 16.9 Å². The van der Waals surface area contributed by atoms with E-state index in [-0.39, 0.29) is 0 Å². The molecule has 0 spiro atoms. The van der Waals surface area contributed by atoms with E-state index in [1.807, 2.05) is 29.2 Å². The fourth-order valence-electron chi connectivity index (χ4n) is 4.37. The number of para-hydroxylation sites is 1. The molecule has 0 N–H and O–H groups in total. The van der Waals surface area contributed by atoms with Crippen LogP contribution in [0.25, 0.3) is 0 Å². The number of rotatable bonds is 4. The zero-order valence-corrected chi connectivity index (χ0v) is 19.3. The minimum atomic E-state index is -4.37. The molecule has 0 aromatic heterocycles. The van der Waals surface area contributed by atoms with Crippen molar-refractivity contribution in [1.29, 1.82) is 0 Å². The number of nitrogens with zero attached hydrogens (tertiary/aromatic N) is 3. The summed E-state index contributed by atoms with van der Waals surface area (Å²) in [6.07, 6.45) is -4.37. The minimum Gasteiger partial charge on any atom is -0.335 e. The Morgan fingerprint density at radius 3 is 2.09 bits per heavy atom. The van der Waals surface area contributed by atoms with Crippen molar-refractivity contribution in [2.75, 3.05) is 38.1 Å². The van der Waals surface area contributed by atoms with Crippen LogP contribution in [0.5, 0.6) is 0 Å². The Bertz CT molecular complexity index is 1120. The molecular weight excluding hydrogens is 443 g/mol. The highest BCUT2D eigenvalue weighted by Crippen LogP contribution is 2.50. The zero-order valence-electron chi connectivity index (χ0n) is 18.5. The molecule has 2 heterocycles. The van der Waals surface area contributed by atoms with Gasteiger partial charge in [-0.3, -0.25) is 4.90 Å². The third-order valence-electron chi connectivity index (χ3n) is 6.32. The lowest BCUT2D eigenvalue weighted by Gasteiger charge is -2.33. The number of hydrogen-bond acceptors (Lipinski definition) is 4. The summed E-state index contributed by atoms with van der Waals surface area (Å²) in [5, 5.41) is 0. The summed E-state index contributed by atoms with van der Waals surface area (Å²) in [7, 11) is 2.15. The molecule has 1 fully saturated rings. The van der Waals surface area contributed by atoms with Crippen LogP contribution in [-0.4, -0.2) is 43.0 Å². The van der Waals surface area contributed by atoms with Crippen LogP contribution in [0.15, 0.2) is 76.5 Å². The standard InChI is InChI=1S/C26H26F3N3S/c1-30-12-14-31(15-13-30)17-19-6-8-20(9-7-19)18-32-22-4-2-3-5-24(22)33-25-11-10-21(16-23(25)32)26(27,28)29/h2-11,16H,12-15,17-18H2,1H3. The van der Waals surface area contributed by atoms with Gasteiger partial charge in [-0.05, 0) is 48.5 Å². The van der Waals surface area contributed by atoms with E-state index in [4.69, 9.17) is 0 Å². The molecule has 3 aromatic rings. The number of benzene rings is 3. The Kier molecular flexibility index (Phi) is 6.12. The highest BCUT2D eigenvalue weighted by Gasteiger charge is 2.33. The lowest BCUT2D eigenvalue weighted by Crippen LogP contribution is -2.43. The summed E-state index contributed by atoms with van der Waals surface area (Å²) in [5.74, 6) is 0. The monoisotopic (exact) mass is 469 g/mol. The molecule has 0 atom stereocenters. The van der Waals surface area contributed by atoms with Gasteiger partial charge in [0.25, 0.3) is 0 Å². The summed E-state index contributed by atoms with van der Waals surface area (Å²) >= 11 is 1.52. The molecular formula is C26H26F3N3S. The maximum absolute atomic E-state index is 13.4. The molecule has 172 valence electrons. The lowest BCUT2D eigenvalue weighted by atomic mass is 10.1. The third-order valence-corrected chi connectivity index (χ3v) is 7.45. The van der Waals surface area contributed by atoms with E-state index in [2.05, 4.69) is 41.1 Å². The van der Waals surface area contributed by atoms with Crippen molar-refractivity contribution in [3.05, 3.63) is 83.4 Å². The summed E-state index contributed by atoms with van der Waals surface area (Å²) in [6.45, 7) is 5.75. The van der Waals surface area contributed by atoms with Crippen LogP contribution in [0.1, 0.15) is 16.7 Å². The van der Waals surface area contributed by atoms with E-state index in [9.17, 15) is 13.2 Å². The SMILES string of the molecule is CN1CCN(Cc2ccc(CN3c4ccccc4Sc4ccc(C(F)(F)F)cc43)cc2)CC1. The maximum atomic E-state index is 13.4. The largest absolute Gasteiger partial charge is 0.416 e. The molecule has 7 heteroatoms. The van der Waals surface area contributed by atoms with E-state index in [0.717, 1.165) is 53.8 Å². The number of piperazine rings is 1. The second kappa shape index (κ2) is 9.05. The van der Waals surface area contributed by atoms with Crippen LogP contribution in [0.2, 0.25) is 0 Å². The van der Waals surface area contributed by atoms with Gasteiger partial charge in [-0.25, -0.2) is 0 Å². The average Bonchev–Trinajstić information content (AvgIpc) is 2.80. The lowest BCUT2D eigenvalue weighted by molar-refractivity contribution is -0.137. The van der Waals surface area contributed by atoms with Crippen molar-refractivity contribution in [2.45, 2.75) is 29.1 Å². The van der Waals surface area contributed by atoms with Gasteiger partial charge in [-0.2, -0.15) is 13.2 Å². The predicted octanol–water partition coefficient (Wildman–Crippen LogP) is 6.26. The molecule has 33 heavy (non-hydrogen) atoms. The van der Waals surface area contributed by atoms with Gasteiger partial charge in [0.15, 0.2) is 0 Å². The van der Waals surface area contributed by atoms with Crippen LogP contribution >= 0.6 is 11.8 Å². The van der Waals surface area contributed by atoms with Crippen LogP contribution in [0.3, 0.4) is 0 Å². The summed E-state index contributed by atoms with van der Waals surface area (Å²) in [5.41, 5.74) is 3.26. The molecule has 0 radical (unpaired) electrons. The van der Waals surface area contributed by atoms with Gasteiger partial charge in [-0.1, -0.05) is 48.2 Å². The van der Waals surface area contributed by atoms with Gasteiger partial charge in [0.2, 0.25) is 0 Å². The van der Waals surface area contributed by atoms with Crippen molar-refractivity contribution >= 4 is 23.1 Å². The molecule has 0 aliphatic carbocycles. The topological polar surface area (TPSA) is 9.72 Å². The minimum absolute atomic E-state index is 0.515. The second-order valence-corrected chi connectivity index (χ2v) is 9.82. The fourth-order valence-corrected chi connectivity index (χ4v) is 5.45. The Labute approximate surface area is 196 Å². The second-order valence-electron chi connectivity index (χ2n) is 8.73. The first-order valence-electron chi connectivity index (χ1n) is 11.1. The number of alkyl halides is 3. The molecule has 0 amide bonds. The number of likely N-dealkylation sites (N-methyl/N-ethyl adjacent to an activating group) is 1. The number of hydrogen-bond donors (Lipinski definition) is 0. The number of halogens is 3. The Morgan fingerprint density at radius 2 is 1.39 bits per heavy atom. The van der Waals surface area contributed by atoms with Gasteiger partial charge < -0.3 is 9.80 Å². The summed E-state index contributed by atoms with van der Waals surface area (Å²) < 4.78 is 40.3. The highest BCUT2D eigenvalue weighted by molar-refractivity contribution is 7.99. The first kappa shape index (κ1) is 22.3. The molecule has 3 nitrogen and oxygen atoms in total. The Hall–Kier alpha value is -2.48. The van der Waals surface area contributed by atoms with Crippen LogP contribution in [-0.2, 0) is 19.3 Å². The smallest absolute Gasteiger partial charge is 0.335 e. The van der Waals surface area contributed by atoms with Gasteiger partial charge >= 0.3 is 6.18 Å². The molecule has 1 saturated heterocycles. The van der Waals surface area contributed by atoms with E-state index in [1.54, 1.807) is 6.07 Å². The van der Waals surface area contributed by atoms with Crippen LogP contribution < -0.4 is 4.90 Å². The van der Waals surface area contributed by atoms with Crippen molar-refractivity contribution < 1.29 is 13.2 Å². The molecule has 2 aliphatic heterocycles. The molecule has 0 bridgehead atoms. The average molecular weight is 470 g/mol. The van der Waals surface area contributed by atoms with Crippen LogP contribution in [0.4, 0.5) is 24.5 Å². The zero-order chi connectivity index (χ0) is 23.0. The number of anilines is 2. The van der Waals surface area contributed by atoms with E-state index in [1.165, 1.54) is 29.5 Å². The Morgan fingerprint density at radius 1 is 0.758 bits per heavy atom. The Balaban J connectivity index is 1.40. The quantitative estimate of drug-likeness (QED) is 0.446. The van der Waals surface area contributed by atoms with Crippen molar-refractivity contribution in [3.63, 3.8) is 0 Å². The fraction of sp³-hybridized carbons (Fsp3) is 0.308. The van der Waals surface area contributed by atoms with Crippen LogP contribution in [0, 0.1) is 0 Å². The number of fused-ring (bicyclic) bond motifs is 2. The molecule has 2 aliphatic rings. The predicted molar refractivity (Wildman–Crippen MR) is 127 cm³/mol. The van der Waals surface area contributed by atoms with Crippen molar-refractivity contribution in [3.8, 4) is 0 Å². The third kappa shape index (κ3) is 4.90.